The molecule has 0 aromatic carbocycles. The highest BCUT2D eigenvalue weighted by Crippen LogP contribution is 2.15. The highest BCUT2D eigenvalue weighted by molar-refractivity contribution is 5.69. The Hall–Kier alpha value is -1.48. The molecule has 0 spiro atoms. The van der Waals surface area contributed by atoms with Gasteiger partial charge in [0.2, 0.25) is 0 Å². The van der Waals surface area contributed by atoms with Crippen LogP contribution in [0.25, 0.3) is 0 Å². The number of carboxylic acids is 1. The van der Waals surface area contributed by atoms with Crippen molar-refractivity contribution in [3.8, 4) is 0 Å². The number of unbranched alkanes of at least 4 members (excludes halogenated alkanes) is 25. The number of aliphatic hydroxyl groups excluding tert-OH is 1. The SMILES string of the molecule is CCCCCCCCCC/C=C\CCCCCCCCCCCCCCCCCCCC(=O)OCC(O)COC(OCC[N+](C)(C)C)C(=O)[O-]. The van der Waals surface area contributed by atoms with Crippen LogP contribution in [0.15, 0.2) is 12.2 Å². The summed E-state index contributed by atoms with van der Waals surface area (Å²) in [7, 11) is 5.88. The second kappa shape index (κ2) is 35.9. The predicted octanol–water partition coefficient (Wildman–Crippen LogP) is 9.20. The molecular formula is C42H81NO7. The van der Waals surface area contributed by atoms with Gasteiger partial charge in [-0.05, 0) is 32.1 Å². The normalized spacial score (nSPS) is 13.2. The van der Waals surface area contributed by atoms with Crippen molar-refractivity contribution >= 4 is 11.9 Å². The van der Waals surface area contributed by atoms with Crippen LogP contribution < -0.4 is 5.11 Å². The van der Waals surface area contributed by atoms with Gasteiger partial charge in [-0.2, -0.15) is 0 Å². The number of carboxylic acid groups (broad SMARTS) is 1. The summed E-state index contributed by atoms with van der Waals surface area (Å²) in [6, 6.07) is 0. The predicted molar refractivity (Wildman–Crippen MR) is 205 cm³/mol. The molecule has 0 aliphatic heterocycles. The molecule has 0 radical (unpaired) electrons. The summed E-state index contributed by atoms with van der Waals surface area (Å²) in [6.07, 6.45) is 38.1. The molecule has 0 saturated carbocycles. The van der Waals surface area contributed by atoms with E-state index in [2.05, 4.69) is 19.1 Å². The van der Waals surface area contributed by atoms with Crippen molar-refractivity contribution in [1.29, 1.82) is 0 Å². The Morgan fingerprint density at radius 3 is 1.40 bits per heavy atom. The van der Waals surface area contributed by atoms with Gasteiger partial charge in [0.05, 0.1) is 40.3 Å². The van der Waals surface area contributed by atoms with Gasteiger partial charge in [0.1, 0.15) is 19.3 Å². The summed E-state index contributed by atoms with van der Waals surface area (Å²) in [6.45, 7) is 2.48. The van der Waals surface area contributed by atoms with E-state index in [4.69, 9.17) is 14.2 Å². The molecule has 0 saturated heterocycles. The highest BCUT2D eigenvalue weighted by Gasteiger charge is 2.17. The third-order valence-electron chi connectivity index (χ3n) is 9.24. The molecule has 1 N–H and O–H groups in total. The van der Waals surface area contributed by atoms with Crippen LogP contribution in [0.3, 0.4) is 0 Å². The lowest BCUT2D eigenvalue weighted by atomic mass is 10.0. The number of nitrogens with zero attached hydrogens (tertiary/aromatic N) is 1. The van der Waals surface area contributed by atoms with Crippen LogP contribution in [0.5, 0.6) is 0 Å². The molecule has 0 aliphatic carbocycles. The summed E-state index contributed by atoms with van der Waals surface area (Å²) in [5, 5.41) is 21.2. The third kappa shape index (κ3) is 37.8. The molecule has 296 valence electrons. The van der Waals surface area contributed by atoms with E-state index >= 15 is 0 Å². The molecule has 0 aromatic rings. The number of carbonyl (C=O) groups excluding carboxylic acids is 2. The molecular weight excluding hydrogens is 630 g/mol. The van der Waals surface area contributed by atoms with Crippen LogP contribution in [0.2, 0.25) is 0 Å². The Morgan fingerprint density at radius 1 is 0.600 bits per heavy atom. The van der Waals surface area contributed by atoms with Gasteiger partial charge >= 0.3 is 5.97 Å². The Balaban J connectivity index is 3.40. The molecule has 0 fully saturated rings. The van der Waals surface area contributed by atoms with Crippen molar-refractivity contribution in [3.05, 3.63) is 12.2 Å². The van der Waals surface area contributed by atoms with Crippen LogP contribution in [0.4, 0.5) is 0 Å². The molecule has 2 unspecified atom stereocenters. The first-order chi connectivity index (χ1) is 24.2. The van der Waals surface area contributed by atoms with Crippen molar-refractivity contribution in [1.82, 2.24) is 0 Å². The van der Waals surface area contributed by atoms with E-state index in [-0.39, 0.29) is 25.8 Å². The molecule has 0 aromatic heterocycles. The largest absolute Gasteiger partial charge is 0.545 e. The fourth-order valence-electron chi connectivity index (χ4n) is 5.94. The number of esters is 1. The first-order valence-electron chi connectivity index (χ1n) is 20.9. The van der Waals surface area contributed by atoms with Crippen molar-refractivity contribution in [3.63, 3.8) is 0 Å². The monoisotopic (exact) mass is 712 g/mol. The standard InChI is InChI=1S/C42H81NO7/c1-5-6-7-8-9-10-11-12-13-14-15-16-17-18-19-20-21-22-23-24-25-26-27-28-29-30-31-32-33-34-40(45)49-37-39(44)38-50-42(41(46)47)48-36-35-43(2,3)4/h14-15,39,42,44H,5-13,16-38H2,1-4H3/b15-14-. The fraction of sp³-hybridized carbons (Fsp3) is 0.905. The zero-order chi connectivity index (χ0) is 37.0. The number of allylic oxidation sites excluding steroid dienone is 2. The average Bonchev–Trinajstić information content (AvgIpc) is 3.07. The smallest absolute Gasteiger partial charge is 0.305 e. The number of likely N-dealkylation sites (N-methyl/N-ethyl adjacent to an activating group) is 1. The number of rotatable bonds is 39. The lowest BCUT2D eigenvalue weighted by Gasteiger charge is -2.26. The Bertz CT molecular complexity index is 783. The Labute approximate surface area is 308 Å². The zero-order valence-electron chi connectivity index (χ0n) is 33.3. The van der Waals surface area contributed by atoms with Crippen molar-refractivity contribution < 1.29 is 38.5 Å². The molecule has 0 aliphatic rings. The van der Waals surface area contributed by atoms with E-state index in [1.807, 2.05) is 21.1 Å². The second-order valence-electron chi connectivity index (χ2n) is 15.5. The minimum atomic E-state index is -1.57. The molecule has 0 heterocycles. The molecule has 2 atom stereocenters. The minimum absolute atomic E-state index is 0.172. The number of aliphatic hydroxyl groups is 1. The number of carbonyl (C=O) groups is 2. The number of ether oxygens (including phenoxy) is 3. The quantitative estimate of drug-likeness (QED) is 0.0223. The molecule has 0 amide bonds. The topological polar surface area (TPSA) is 105 Å². The van der Waals surface area contributed by atoms with Crippen molar-refractivity contribution in [2.75, 3.05) is 47.5 Å². The summed E-state index contributed by atoms with van der Waals surface area (Å²) < 4.78 is 16.0. The van der Waals surface area contributed by atoms with E-state index in [0.29, 0.717) is 17.4 Å². The number of hydrogen-bond acceptors (Lipinski definition) is 7. The molecule has 50 heavy (non-hydrogen) atoms. The first kappa shape index (κ1) is 48.5. The van der Waals surface area contributed by atoms with Crippen LogP contribution in [0.1, 0.15) is 187 Å². The summed E-state index contributed by atoms with van der Waals surface area (Å²) >= 11 is 0. The van der Waals surface area contributed by atoms with Crippen LogP contribution in [-0.4, -0.2) is 81.4 Å². The van der Waals surface area contributed by atoms with Crippen molar-refractivity contribution in [2.45, 2.75) is 199 Å². The third-order valence-corrected chi connectivity index (χ3v) is 9.24. The summed E-state index contributed by atoms with van der Waals surface area (Å²) in [5.41, 5.74) is 0. The maximum atomic E-state index is 12.0. The van der Waals surface area contributed by atoms with Gasteiger partial charge in [-0.15, -0.1) is 0 Å². The van der Waals surface area contributed by atoms with E-state index in [0.717, 1.165) is 19.3 Å². The number of aliphatic carboxylic acids is 1. The van der Waals surface area contributed by atoms with Gasteiger partial charge in [-0.1, -0.05) is 160 Å². The Morgan fingerprint density at radius 2 is 1.00 bits per heavy atom. The minimum Gasteiger partial charge on any atom is -0.545 e. The van der Waals surface area contributed by atoms with E-state index < -0.39 is 18.4 Å². The average molecular weight is 712 g/mol. The van der Waals surface area contributed by atoms with E-state index in [9.17, 15) is 19.8 Å². The fourth-order valence-corrected chi connectivity index (χ4v) is 5.94. The van der Waals surface area contributed by atoms with Crippen LogP contribution >= 0.6 is 0 Å². The van der Waals surface area contributed by atoms with Crippen LogP contribution in [0, 0.1) is 0 Å². The molecule has 0 rings (SSSR count). The van der Waals surface area contributed by atoms with Gasteiger partial charge in [0.15, 0.2) is 6.29 Å². The number of quaternary nitrogens is 1. The lowest BCUT2D eigenvalue weighted by Crippen LogP contribution is -2.44. The molecule has 8 heteroatoms. The van der Waals surface area contributed by atoms with E-state index in [1.54, 1.807) is 0 Å². The van der Waals surface area contributed by atoms with Crippen molar-refractivity contribution in [2.24, 2.45) is 0 Å². The highest BCUT2D eigenvalue weighted by atomic mass is 16.7. The van der Waals surface area contributed by atoms with Gasteiger partial charge in [0.25, 0.3) is 0 Å². The number of hydrogen-bond donors (Lipinski definition) is 1. The first-order valence-corrected chi connectivity index (χ1v) is 20.9. The summed E-state index contributed by atoms with van der Waals surface area (Å²) in [4.78, 5) is 23.2. The second-order valence-corrected chi connectivity index (χ2v) is 15.5. The van der Waals surface area contributed by atoms with Crippen LogP contribution in [-0.2, 0) is 23.8 Å². The van der Waals surface area contributed by atoms with Gasteiger partial charge < -0.3 is 33.7 Å². The van der Waals surface area contributed by atoms with Gasteiger partial charge in [0, 0.05) is 6.42 Å². The Kier molecular flexibility index (Phi) is 34.8. The van der Waals surface area contributed by atoms with Gasteiger partial charge in [-0.25, -0.2) is 0 Å². The maximum Gasteiger partial charge on any atom is 0.305 e. The summed E-state index contributed by atoms with van der Waals surface area (Å²) in [5.74, 6) is -1.86. The van der Waals surface area contributed by atoms with E-state index in [1.165, 1.54) is 154 Å². The molecule has 8 nitrogen and oxygen atoms in total. The zero-order valence-corrected chi connectivity index (χ0v) is 33.3. The lowest BCUT2D eigenvalue weighted by molar-refractivity contribution is -0.870. The van der Waals surface area contributed by atoms with Gasteiger partial charge in [-0.3, -0.25) is 4.79 Å². The molecule has 0 bridgehead atoms. The maximum absolute atomic E-state index is 12.0.